The molecular weight excluding hydrogens is 183 g/mol. The highest BCUT2D eigenvalue weighted by Crippen LogP contribution is 2.05. The summed E-state index contributed by atoms with van der Waals surface area (Å²) in [6.45, 7) is 0. The maximum absolute atomic E-state index is 12.5. The van der Waals surface area contributed by atoms with E-state index in [0.29, 0.717) is 6.42 Å². The summed E-state index contributed by atoms with van der Waals surface area (Å²) >= 11 is 0. The Morgan fingerprint density at radius 1 is 1.36 bits per heavy atom. The quantitative estimate of drug-likeness (QED) is 0.747. The van der Waals surface area contributed by atoms with Gasteiger partial charge in [-0.05, 0) is 30.5 Å². The van der Waals surface area contributed by atoms with E-state index in [2.05, 4.69) is 0 Å². The van der Waals surface area contributed by atoms with Gasteiger partial charge < -0.3 is 5.11 Å². The molecule has 1 aromatic carbocycles. The van der Waals surface area contributed by atoms with Crippen LogP contribution >= 0.6 is 0 Å². The van der Waals surface area contributed by atoms with Crippen LogP contribution in [0.3, 0.4) is 0 Å². The van der Waals surface area contributed by atoms with E-state index in [1.54, 1.807) is 18.2 Å². The lowest BCUT2D eigenvalue weighted by atomic mass is 10.1. The van der Waals surface area contributed by atoms with Crippen molar-refractivity contribution in [2.45, 2.75) is 12.8 Å². The van der Waals surface area contributed by atoms with Crippen molar-refractivity contribution in [1.82, 2.24) is 0 Å². The molecule has 0 aromatic heterocycles. The summed E-state index contributed by atoms with van der Waals surface area (Å²) < 4.78 is 12.5. The van der Waals surface area contributed by atoms with Crippen LogP contribution in [0.25, 0.3) is 0 Å². The normalized spacial score (nSPS) is 10.6. The Morgan fingerprint density at radius 2 is 2.00 bits per heavy atom. The third-order valence-corrected chi connectivity index (χ3v) is 1.77. The van der Waals surface area contributed by atoms with Crippen molar-refractivity contribution in [3.05, 3.63) is 47.8 Å². The molecule has 0 bridgehead atoms. The Kier molecular flexibility index (Phi) is 3.85. The minimum absolute atomic E-state index is 0.255. The molecule has 3 heteroatoms. The summed E-state index contributed by atoms with van der Waals surface area (Å²) in [6, 6.07) is 6.19. The highest BCUT2D eigenvalue weighted by atomic mass is 19.1. The van der Waals surface area contributed by atoms with Gasteiger partial charge in [0.25, 0.3) is 0 Å². The lowest BCUT2D eigenvalue weighted by Gasteiger charge is -1.96. The number of hydrogen-bond donors (Lipinski definition) is 1. The lowest BCUT2D eigenvalue weighted by molar-refractivity contribution is -0.131. The van der Waals surface area contributed by atoms with Crippen LogP contribution < -0.4 is 0 Å². The first kappa shape index (κ1) is 10.4. The molecule has 0 aliphatic carbocycles. The molecule has 0 fully saturated rings. The minimum Gasteiger partial charge on any atom is -0.478 e. The minimum atomic E-state index is -0.941. The molecule has 1 rings (SSSR count). The molecule has 0 aliphatic heterocycles. The summed E-state index contributed by atoms with van der Waals surface area (Å²) in [5.74, 6) is -1.20. The molecule has 2 nitrogen and oxygen atoms in total. The first-order valence-electron chi connectivity index (χ1n) is 4.32. The fourth-order valence-corrected chi connectivity index (χ4v) is 1.09. The zero-order valence-corrected chi connectivity index (χ0v) is 7.61. The van der Waals surface area contributed by atoms with Gasteiger partial charge in [0.05, 0.1) is 0 Å². The fourth-order valence-electron chi connectivity index (χ4n) is 1.09. The zero-order valence-electron chi connectivity index (χ0n) is 7.61. The second kappa shape index (κ2) is 5.17. The Labute approximate surface area is 81.7 Å². The maximum atomic E-state index is 12.5. The van der Waals surface area contributed by atoms with Gasteiger partial charge in [0.15, 0.2) is 0 Å². The van der Waals surface area contributed by atoms with Crippen molar-refractivity contribution in [3.8, 4) is 0 Å². The molecule has 0 unspecified atom stereocenters. The number of benzene rings is 1. The second-order valence-electron chi connectivity index (χ2n) is 2.91. The molecule has 74 valence electrons. The lowest BCUT2D eigenvalue weighted by Crippen LogP contribution is -1.87. The Balaban J connectivity index is 2.39. The van der Waals surface area contributed by atoms with Crippen molar-refractivity contribution < 1.29 is 14.3 Å². The summed E-state index contributed by atoms with van der Waals surface area (Å²) in [5.41, 5.74) is 1.00. The number of hydrogen-bond acceptors (Lipinski definition) is 1. The van der Waals surface area contributed by atoms with E-state index in [-0.39, 0.29) is 5.82 Å². The largest absolute Gasteiger partial charge is 0.478 e. The van der Waals surface area contributed by atoms with Crippen molar-refractivity contribution >= 4 is 5.97 Å². The molecule has 0 amide bonds. The maximum Gasteiger partial charge on any atom is 0.327 e. The summed E-state index contributed by atoms with van der Waals surface area (Å²) in [4.78, 5) is 10.1. The van der Waals surface area contributed by atoms with Crippen molar-refractivity contribution in [3.63, 3.8) is 0 Å². The van der Waals surface area contributed by atoms with Crippen LogP contribution in [0, 0.1) is 5.82 Å². The molecule has 0 heterocycles. The van der Waals surface area contributed by atoms with Crippen LogP contribution in [0.2, 0.25) is 0 Å². The van der Waals surface area contributed by atoms with Crippen molar-refractivity contribution in [2.24, 2.45) is 0 Å². The van der Waals surface area contributed by atoms with E-state index >= 15 is 0 Å². The van der Waals surface area contributed by atoms with Crippen LogP contribution in [0.4, 0.5) is 4.39 Å². The van der Waals surface area contributed by atoms with Gasteiger partial charge in [-0.2, -0.15) is 0 Å². The van der Waals surface area contributed by atoms with E-state index in [4.69, 9.17) is 5.11 Å². The molecule has 1 N–H and O–H groups in total. The molecule has 0 atom stereocenters. The van der Waals surface area contributed by atoms with Crippen LogP contribution in [0.15, 0.2) is 36.4 Å². The SMILES string of the molecule is O=C(O)/C=C/CCc1ccc(F)cc1. The molecular formula is C11H11FO2. The van der Waals surface area contributed by atoms with Gasteiger partial charge in [-0.25, -0.2) is 9.18 Å². The van der Waals surface area contributed by atoms with E-state index in [1.807, 2.05) is 0 Å². The van der Waals surface area contributed by atoms with Gasteiger partial charge in [0.1, 0.15) is 5.82 Å². The molecule has 0 aliphatic rings. The molecule has 0 saturated carbocycles. The van der Waals surface area contributed by atoms with Gasteiger partial charge in [0.2, 0.25) is 0 Å². The number of carboxylic acid groups (broad SMARTS) is 1. The first-order valence-corrected chi connectivity index (χ1v) is 4.32. The molecule has 14 heavy (non-hydrogen) atoms. The van der Waals surface area contributed by atoms with Crippen LogP contribution in [-0.4, -0.2) is 11.1 Å². The molecule has 0 radical (unpaired) electrons. The van der Waals surface area contributed by atoms with Gasteiger partial charge in [0, 0.05) is 6.08 Å². The van der Waals surface area contributed by atoms with E-state index < -0.39 is 5.97 Å². The molecule has 1 aromatic rings. The average Bonchev–Trinajstić information content (AvgIpc) is 2.15. The smallest absolute Gasteiger partial charge is 0.327 e. The predicted molar refractivity (Wildman–Crippen MR) is 51.5 cm³/mol. The van der Waals surface area contributed by atoms with Gasteiger partial charge in [-0.15, -0.1) is 0 Å². The number of rotatable bonds is 4. The number of aryl methyl sites for hydroxylation is 1. The number of halogens is 1. The van der Waals surface area contributed by atoms with Crippen LogP contribution in [-0.2, 0) is 11.2 Å². The van der Waals surface area contributed by atoms with Gasteiger partial charge >= 0.3 is 5.97 Å². The van der Waals surface area contributed by atoms with E-state index in [0.717, 1.165) is 18.1 Å². The van der Waals surface area contributed by atoms with Crippen LogP contribution in [0.1, 0.15) is 12.0 Å². The number of carboxylic acids is 1. The Hall–Kier alpha value is -1.64. The molecule has 0 saturated heterocycles. The highest BCUT2D eigenvalue weighted by Gasteiger charge is 1.92. The Bertz CT molecular complexity index is 328. The van der Waals surface area contributed by atoms with Crippen molar-refractivity contribution in [2.75, 3.05) is 0 Å². The number of allylic oxidation sites excluding steroid dienone is 1. The molecule has 0 spiro atoms. The van der Waals surface area contributed by atoms with E-state index in [1.165, 1.54) is 12.1 Å². The topological polar surface area (TPSA) is 37.3 Å². The summed E-state index contributed by atoms with van der Waals surface area (Å²) in [5, 5.41) is 8.31. The second-order valence-corrected chi connectivity index (χ2v) is 2.91. The monoisotopic (exact) mass is 194 g/mol. The third-order valence-electron chi connectivity index (χ3n) is 1.77. The number of carbonyl (C=O) groups is 1. The highest BCUT2D eigenvalue weighted by molar-refractivity contribution is 5.79. The summed E-state index contributed by atoms with van der Waals surface area (Å²) in [7, 11) is 0. The zero-order chi connectivity index (χ0) is 10.4. The third kappa shape index (κ3) is 3.85. The predicted octanol–water partition coefficient (Wildman–Crippen LogP) is 2.40. The summed E-state index contributed by atoms with van der Waals surface area (Å²) in [6.07, 6.45) is 4.08. The van der Waals surface area contributed by atoms with E-state index in [9.17, 15) is 9.18 Å². The van der Waals surface area contributed by atoms with Gasteiger partial charge in [-0.1, -0.05) is 18.2 Å². The van der Waals surface area contributed by atoms with Crippen LogP contribution in [0.5, 0.6) is 0 Å². The average molecular weight is 194 g/mol. The fraction of sp³-hybridized carbons (Fsp3) is 0.182. The Morgan fingerprint density at radius 3 is 2.57 bits per heavy atom. The van der Waals surface area contributed by atoms with Gasteiger partial charge in [-0.3, -0.25) is 0 Å². The standard InChI is InChI=1S/C11H11FO2/c12-10-7-5-9(6-8-10)3-1-2-4-11(13)14/h2,4-8H,1,3H2,(H,13,14)/b4-2+. The van der Waals surface area contributed by atoms with Crippen molar-refractivity contribution in [1.29, 1.82) is 0 Å². The number of aliphatic carboxylic acids is 1. The first-order chi connectivity index (χ1) is 6.68.